The minimum Gasteiger partial charge on any atom is -0.523 e. The first kappa shape index (κ1) is 21.3. The number of rotatable bonds is 2. The van der Waals surface area contributed by atoms with Gasteiger partial charge in [-0.2, -0.15) is 0 Å². The van der Waals surface area contributed by atoms with Gasteiger partial charge in [0.05, 0.1) is 23.7 Å². The highest BCUT2D eigenvalue weighted by Gasteiger charge is 2.50. The summed E-state index contributed by atoms with van der Waals surface area (Å²) in [5, 5.41) is 10.7. The number of aliphatic hydroxyl groups excluding tert-OH is 1. The number of pyridine rings is 1. The minimum absolute atomic E-state index is 0.130. The highest BCUT2D eigenvalue weighted by molar-refractivity contribution is 5.70. The Morgan fingerprint density at radius 3 is 2.70 bits per heavy atom. The van der Waals surface area contributed by atoms with Gasteiger partial charge >= 0.3 is 0 Å². The van der Waals surface area contributed by atoms with Crippen molar-refractivity contribution in [3.8, 4) is 22.6 Å². The Hall–Kier alpha value is -3.59. The van der Waals surface area contributed by atoms with Gasteiger partial charge in [-0.05, 0) is 55.9 Å². The predicted molar refractivity (Wildman–Crippen MR) is 125 cm³/mol. The van der Waals surface area contributed by atoms with Gasteiger partial charge in [-0.1, -0.05) is 26.0 Å². The zero-order valence-corrected chi connectivity index (χ0v) is 18.9. The van der Waals surface area contributed by atoms with Crippen molar-refractivity contribution >= 4 is 0 Å². The van der Waals surface area contributed by atoms with Crippen LogP contribution in [0.1, 0.15) is 43.5 Å². The lowest BCUT2D eigenvalue weighted by molar-refractivity contribution is 0.135. The van der Waals surface area contributed by atoms with Crippen LogP contribution in [0.3, 0.4) is 0 Å². The molecule has 2 heterocycles. The van der Waals surface area contributed by atoms with Crippen molar-refractivity contribution in [2.24, 2.45) is 11.8 Å². The summed E-state index contributed by atoms with van der Waals surface area (Å²) in [5.41, 5.74) is 4.58. The van der Waals surface area contributed by atoms with Crippen LogP contribution in [0.2, 0.25) is 0 Å². The zero-order valence-electron chi connectivity index (χ0n) is 18.9. The molecule has 1 aromatic carbocycles. The summed E-state index contributed by atoms with van der Waals surface area (Å²) in [6.07, 6.45) is 5.40. The molecule has 0 bridgehead atoms. The normalized spacial score (nSPS) is 24.1. The molecule has 166 valence electrons. The Bertz CT molecular complexity index is 1340. The fraction of sp³-hybridized carbons (Fsp3) is 0.333. The number of aromatic nitrogens is 3. The smallest absolute Gasteiger partial charge is 0.203 e. The van der Waals surface area contributed by atoms with Crippen LogP contribution in [0.5, 0.6) is 0 Å². The summed E-state index contributed by atoms with van der Waals surface area (Å²) in [6, 6.07) is 8.59. The topological polar surface area (TPSA) is 63.3 Å². The molecule has 3 atom stereocenters. The summed E-state index contributed by atoms with van der Waals surface area (Å²) in [5.74, 6) is 0.401. The first-order valence-corrected chi connectivity index (χ1v) is 11.2. The van der Waals surface area contributed by atoms with Crippen LogP contribution >= 0.6 is 0 Å². The molecule has 5 nitrogen and oxygen atoms in total. The number of hydrogen-bond donors (Lipinski definition) is 1. The first-order chi connectivity index (χ1) is 15.8. The third-order valence-electron chi connectivity index (χ3n) is 7.46. The molecule has 33 heavy (non-hydrogen) atoms. The number of nitrogens with zero attached hydrogens (tertiary/aromatic N) is 4. The van der Waals surface area contributed by atoms with E-state index in [0.29, 0.717) is 35.6 Å². The van der Waals surface area contributed by atoms with Crippen molar-refractivity contribution in [2.75, 3.05) is 0 Å². The lowest BCUT2D eigenvalue weighted by atomic mass is 9.57. The van der Waals surface area contributed by atoms with E-state index in [2.05, 4.69) is 16.8 Å². The van der Waals surface area contributed by atoms with E-state index in [1.807, 2.05) is 26.0 Å². The van der Waals surface area contributed by atoms with Crippen LogP contribution in [-0.4, -0.2) is 20.1 Å². The van der Waals surface area contributed by atoms with E-state index in [1.165, 1.54) is 6.07 Å². The van der Waals surface area contributed by atoms with E-state index in [-0.39, 0.29) is 23.4 Å². The molecule has 0 unspecified atom stereocenters. The Balaban J connectivity index is 1.82. The maximum absolute atomic E-state index is 15.0. The molecule has 5 rings (SSSR count). The highest BCUT2D eigenvalue weighted by atomic mass is 19.1. The lowest BCUT2D eigenvalue weighted by Gasteiger charge is -2.48. The molecule has 2 aliphatic rings. The SMILES string of the molecule is [C-]#[N+]C1=C(O)[C@H](C)[C@H]2CCc3c(-c4ccccc4F)nc(-c4ccncc4C)nc3[C@]2(C)C1. The maximum Gasteiger partial charge on any atom is 0.203 e. The van der Waals surface area contributed by atoms with Crippen molar-refractivity contribution < 1.29 is 9.50 Å². The van der Waals surface area contributed by atoms with Gasteiger partial charge in [-0.15, -0.1) is 0 Å². The van der Waals surface area contributed by atoms with Gasteiger partial charge in [0, 0.05) is 40.4 Å². The quantitative estimate of drug-likeness (QED) is 0.482. The van der Waals surface area contributed by atoms with Crippen LogP contribution in [0.4, 0.5) is 4.39 Å². The summed E-state index contributed by atoms with van der Waals surface area (Å²) < 4.78 is 15.0. The molecular formula is C27H25FN4O. The largest absolute Gasteiger partial charge is 0.523 e. The molecular weight excluding hydrogens is 415 g/mol. The van der Waals surface area contributed by atoms with Crippen molar-refractivity contribution in [1.82, 2.24) is 15.0 Å². The van der Waals surface area contributed by atoms with E-state index >= 15 is 0 Å². The van der Waals surface area contributed by atoms with Gasteiger partial charge in [-0.3, -0.25) is 4.98 Å². The van der Waals surface area contributed by atoms with Crippen LogP contribution in [-0.2, 0) is 11.8 Å². The molecule has 3 aromatic rings. The van der Waals surface area contributed by atoms with Crippen molar-refractivity contribution in [3.05, 3.63) is 88.2 Å². The summed E-state index contributed by atoms with van der Waals surface area (Å²) >= 11 is 0. The van der Waals surface area contributed by atoms with Crippen molar-refractivity contribution in [2.45, 2.75) is 45.4 Å². The summed E-state index contributed by atoms with van der Waals surface area (Å²) in [6.45, 7) is 13.7. The number of aryl methyl sites for hydroxylation is 1. The number of allylic oxidation sites excluding steroid dienone is 2. The molecule has 0 fully saturated rings. The van der Waals surface area contributed by atoms with Crippen LogP contribution in [0.15, 0.2) is 54.2 Å². The lowest BCUT2D eigenvalue weighted by Crippen LogP contribution is -2.45. The molecule has 0 aliphatic heterocycles. The average Bonchev–Trinajstić information content (AvgIpc) is 2.82. The first-order valence-electron chi connectivity index (χ1n) is 11.2. The number of halogens is 1. The Kier molecular flexibility index (Phi) is 5.01. The Morgan fingerprint density at radius 2 is 1.97 bits per heavy atom. The Labute approximate surface area is 192 Å². The summed E-state index contributed by atoms with van der Waals surface area (Å²) in [7, 11) is 0. The van der Waals surface area contributed by atoms with Crippen LogP contribution in [0, 0.1) is 31.1 Å². The van der Waals surface area contributed by atoms with E-state index in [0.717, 1.165) is 28.8 Å². The number of aliphatic hydroxyl groups is 1. The molecule has 2 aromatic heterocycles. The highest BCUT2D eigenvalue weighted by Crippen LogP contribution is 2.54. The Morgan fingerprint density at radius 1 is 1.18 bits per heavy atom. The number of fused-ring (bicyclic) bond motifs is 3. The molecule has 1 N–H and O–H groups in total. The van der Waals surface area contributed by atoms with E-state index in [9.17, 15) is 9.50 Å². The molecule has 6 heteroatoms. The van der Waals surface area contributed by atoms with Gasteiger partial charge < -0.3 is 5.11 Å². The summed E-state index contributed by atoms with van der Waals surface area (Å²) in [4.78, 5) is 17.8. The van der Waals surface area contributed by atoms with Gasteiger partial charge in [0.1, 0.15) is 5.82 Å². The molecule has 0 saturated heterocycles. The standard InChI is InChI=1S/C27H25FN4O/c1-15-14-30-12-11-17(15)26-31-23(18-7-5-6-8-21(18)28)19-9-10-20-16(2)24(33)22(29-4)13-27(20,3)25(19)32-26/h5-8,11-12,14,16,20,33H,9-10,13H2,1-3H3/t16-,20-,27-/m1/s1. The maximum atomic E-state index is 15.0. The molecule has 0 radical (unpaired) electrons. The van der Waals surface area contributed by atoms with E-state index < -0.39 is 5.41 Å². The van der Waals surface area contributed by atoms with Gasteiger partial charge in [-0.25, -0.2) is 19.2 Å². The van der Waals surface area contributed by atoms with Gasteiger partial charge in [0.15, 0.2) is 5.82 Å². The molecule has 2 aliphatic carbocycles. The van der Waals surface area contributed by atoms with E-state index in [4.69, 9.17) is 16.5 Å². The second-order valence-corrected chi connectivity index (χ2v) is 9.37. The van der Waals surface area contributed by atoms with Gasteiger partial charge in [0.25, 0.3) is 0 Å². The fourth-order valence-electron chi connectivity index (χ4n) is 5.71. The van der Waals surface area contributed by atoms with Crippen LogP contribution < -0.4 is 0 Å². The second kappa shape index (κ2) is 7.77. The third-order valence-corrected chi connectivity index (χ3v) is 7.46. The number of hydrogen-bond acceptors (Lipinski definition) is 4. The molecule has 0 saturated carbocycles. The third kappa shape index (κ3) is 3.22. The van der Waals surface area contributed by atoms with E-state index in [1.54, 1.807) is 24.5 Å². The average molecular weight is 441 g/mol. The van der Waals surface area contributed by atoms with Gasteiger partial charge in [0.2, 0.25) is 5.70 Å². The van der Waals surface area contributed by atoms with Crippen molar-refractivity contribution in [1.29, 1.82) is 0 Å². The number of benzene rings is 1. The van der Waals surface area contributed by atoms with Crippen molar-refractivity contribution in [3.63, 3.8) is 0 Å². The fourth-order valence-corrected chi connectivity index (χ4v) is 5.71. The van der Waals surface area contributed by atoms with Crippen LogP contribution in [0.25, 0.3) is 27.5 Å². The minimum atomic E-state index is -0.461. The monoisotopic (exact) mass is 440 g/mol. The second-order valence-electron chi connectivity index (χ2n) is 9.37. The molecule has 0 spiro atoms. The zero-order chi connectivity index (χ0) is 23.3. The molecule has 0 amide bonds. The predicted octanol–water partition coefficient (Wildman–Crippen LogP) is 6.20.